The lowest BCUT2D eigenvalue weighted by atomic mass is 9.99. The van der Waals surface area contributed by atoms with Gasteiger partial charge < -0.3 is 37.5 Å². The maximum atomic E-state index is 11.8. The molecule has 0 radical (unpaired) electrons. The Morgan fingerprint density at radius 2 is 1.21 bits per heavy atom. The fourth-order valence-corrected chi connectivity index (χ4v) is 3.04. The molecule has 11 heteroatoms. The lowest BCUT2D eigenvalue weighted by Crippen LogP contribution is -2.44. The highest BCUT2D eigenvalue weighted by Gasteiger charge is 2.28. The normalized spacial score (nSPS) is 15.7. The van der Waals surface area contributed by atoms with Crippen LogP contribution in [0.1, 0.15) is 66.4 Å². The minimum atomic E-state index is -1.05. The third-order valence-corrected chi connectivity index (χ3v) is 6.20. The lowest BCUT2D eigenvalue weighted by molar-refractivity contribution is -0.163. The minimum absolute atomic E-state index is 0.0184. The van der Waals surface area contributed by atoms with Crippen molar-refractivity contribution < 1.29 is 33.8 Å². The van der Waals surface area contributed by atoms with Crippen molar-refractivity contribution in [3.8, 4) is 5.75 Å². The van der Waals surface area contributed by atoms with Gasteiger partial charge in [-0.05, 0) is 48.3 Å². The number of carbonyl (C=O) groups excluding carboxylic acids is 3. The van der Waals surface area contributed by atoms with E-state index in [0.29, 0.717) is 18.1 Å². The first kappa shape index (κ1) is 35.1. The maximum Gasteiger partial charge on any atom is 0.330 e. The van der Waals surface area contributed by atoms with Gasteiger partial charge in [-0.25, -0.2) is 14.4 Å². The van der Waals surface area contributed by atoms with E-state index in [1.807, 2.05) is 41.5 Å². The van der Waals surface area contributed by atoms with Crippen LogP contribution in [-0.4, -0.2) is 53.2 Å². The molecule has 216 valence electrons. The summed E-state index contributed by atoms with van der Waals surface area (Å²) in [6.07, 6.45) is 2.28. The van der Waals surface area contributed by atoms with E-state index in [4.69, 9.17) is 37.5 Å². The number of carboxylic acids is 1. The van der Waals surface area contributed by atoms with Crippen LogP contribution < -0.4 is 27.7 Å². The first-order valence-corrected chi connectivity index (χ1v) is 13.0. The lowest BCUT2D eigenvalue weighted by Gasteiger charge is -2.19. The third-order valence-electron chi connectivity index (χ3n) is 6.20. The molecule has 0 bridgehead atoms. The van der Waals surface area contributed by atoms with Gasteiger partial charge in [-0.15, -0.1) is 0 Å². The van der Waals surface area contributed by atoms with Crippen LogP contribution in [0.15, 0.2) is 24.3 Å². The molecular weight excluding hydrogens is 492 g/mol. The molecule has 6 atom stereocenters. The van der Waals surface area contributed by atoms with E-state index in [9.17, 15) is 19.2 Å². The van der Waals surface area contributed by atoms with E-state index in [-0.39, 0.29) is 18.3 Å². The predicted molar refractivity (Wildman–Crippen MR) is 145 cm³/mol. The highest BCUT2D eigenvalue weighted by molar-refractivity contribution is 5.90. The zero-order chi connectivity index (χ0) is 29.6. The molecule has 0 saturated heterocycles. The van der Waals surface area contributed by atoms with Crippen LogP contribution in [0, 0.1) is 17.8 Å². The van der Waals surface area contributed by atoms with Gasteiger partial charge in [0.1, 0.15) is 29.9 Å². The summed E-state index contributed by atoms with van der Waals surface area (Å²) in [4.78, 5) is 45.5. The average Bonchev–Trinajstić information content (AvgIpc) is 2.87. The molecule has 0 spiro atoms. The van der Waals surface area contributed by atoms with E-state index < -0.39 is 48.0 Å². The quantitative estimate of drug-likeness (QED) is 0.139. The minimum Gasteiger partial charge on any atom is -0.480 e. The monoisotopic (exact) mass is 538 g/mol. The van der Waals surface area contributed by atoms with E-state index in [0.717, 1.165) is 18.4 Å². The van der Waals surface area contributed by atoms with Gasteiger partial charge in [-0.3, -0.25) is 4.79 Å². The van der Waals surface area contributed by atoms with E-state index in [1.54, 1.807) is 24.3 Å². The number of ether oxygens (including phenoxy) is 2. The second-order valence-electron chi connectivity index (χ2n) is 10.0. The number of rotatable bonds is 13. The maximum absolute atomic E-state index is 11.8. The van der Waals surface area contributed by atoms with Gasteiger partial charge in [0.05, 0.1) is 0 Å². The second-order valence-corrected chi connectivity index (χ2v) is 10.0. The third kappa shape index (κ3) is 13.1. The molecule has 1 aromatic carbocycles. The molecule has 0 aliphatic rings. The number of benzene rings is 1. The molecule has 0 saturated carbocycles. The summed E-state index contributed by atoms with van der Waals surface area (Å²) in [5.41, 5.74) is 23.3. The summed E-state index contributed by atoms with van der Waals surface area (Å²) in [7, 11) is 0. The van der Waals surface area contributed by atoms with Crippen LogP contribution in [0.2, 0.25) is 0 Å². The fraction of sp³-hybridized carbons (Fsp3) is 0.630. The molecule has 0 amide bonds. The topological polar surface area (TPSA) is 211 Å². The van der Waals surface area contributed by atoms with Gasteiger partial charge >= 0.3 is 23.9 Å². The van der Waals surface area contributed by atoms with Crippen LogP contribution in [0.4, 0.5) is 0 Å². The molecule has 1 rings (SSSR count). The van der Waals surface area contributed by atoms with Crippen molar-refractivity contribution >= 4 is 23.9 Å². The number of hydrogen-bond donors (Lipinski definition) is 5. The Bertz CT molecular complexity index is 866. The number of hydrogen-bond acceptors (Lipinski definition) is 10. The van der Waals surface area contributed by atoms with Crippen LogP contribution in [0.5, 0.6) is 5.75 Å². The van der Waals surface area contributed by atoms with E-state index in [1.165, 1.54) is 0 Å². The largest absolute Gasteiger partial charge is 0.480 e. The van der Waals surface area contributed by atoms with Crippen molar-refractivity contribution in [3.63, 3.8) is 0 Å². The van der Waals surface area contributed by atoms with E-state index in [2.05, 4.69) is 0 Å². The summed E-state index contributed by atoms with van der Waals surface area (Å²) >= 11 is 0. The number of carboxylic acid groups (broad SMARTS) is 1. The molecular formula is C27H46N4O7. The molecule has 0 aliphatic heterocycles. The standard InChI is InChI=1S/C15H22N2O4.C12H24N2O3/c1-9(2)7-13(17)15(20)21-11-5-3-10(4-6-11)8-12(16)14(18)19;1-5-7(3)9(13)11(15)17-12(16)10(14)8(4)6-2/h3-6,9,12-13H,7-8,16-17H2,1-2H3,(H,18,19);7-10H,5-6,13-14H2,1-4H3/t12-,13-;7-,8-,9-,10-/m00/s1. The van der Waals surface area contributed by atoms with Crippen LogP contribution in [0.3, 0.4) is 0 Å². The zero-order valence-corrected chi connectivity index (χ0v) is 23.4. The molecule has 38 heavy (non-hydrogen) atoms. The smallest absolute Gasteiger partial charge is 0.330 e. The van der Waals surface area contributed by atoms with Crippen molar-refractivity contribution in [2.45, 2.75) is 91.4 Å². The Kier molecular flexibility index (Phi) is 16.3. The van der Waals surface area contributed by atoms with Crippen LogP contribution in [-0.2, 0) is 30.3 Å². The van der Waals surface area contributed by atoms with Crippen molar-refractivity contribution in [2.75, 3.05) is 0 Å². The molecule has 0 aliphatic carbocycles. The zero-order valence-electron chi connectivity index (χ0n) is 23.4. The molecule has 1 aromatic rings. The molecule has 0 aromatic heterocycles. The Balaban J connectivity index is 0.000000739. The highest BCUT2D eigenvalue weighted by atomic mass is 16.6. The van der Waals surface area contributed by atoms with Gasteiger partial charge in [0.25, 0.3) is 0 Å². The highest BCUT2D eigenvalue weighted by Crippen LogP contribution is 2.15. The van der Waals surface area contributed by atoms with Crippen molar-refractivity contribution in [2.24, 2.45) is 40.7 Å². The number of nitrogens with two attached hydrogens (primary N) is 4. The molecule has 11 nitrogen and oxygen atoms in total. The first-order chi connectivity index (χ1) is 17.6. The fourth-order valence-electron chi connectivity index (χ4n) is 3.04. The number of aliphatic carboxylic acids is 1. The Morgan fingerprint density at radius 1 is 0.763 bits per heavy atom. The first-order valence-electron chi connectivity index (χ1n) is 13.0. The molecule has 0 unspecified atom stereocenters. The van der Waals surface area contributed by atoms with Gasteiger partial charge in [0.15, 0.2) is 0 Å². The number of carbonyl (C=O) groups is 4. The number of esters is 3. The van der Waals surface area contributed by atoms with Crippen molar-refractivity contribution in [3.05, 3.63) is 29.8 Å². The van der Waals surface area contributed by atoms with Gasteiger partial charge in [-0.1, -0.05) is 66.5 Å². The summed E-state index contributed by atoms with van der Waals surface area (Å²) in [6, 6.07) is 3.43. The summed E-state index contributed by atoms with van der Waals surface area (Å²) < 4.78 is 9.87. The average molecular weight is 539 g/mol. The van der Waals surface area contributed by atoms with Crippen LogP contribution in [0.25, 0.3) is 0 Å². The molecule has 0 fully saturated rings. The Labute approximate surface area is 225 Å². The molecule has 9 N–H and O–H groups in total. The van der Waals surface area contributed by atoms with Gasteiger partial charge in [0.2, 0.25) is 0 Å². The SMILES string of the molecule is CC(C)C[C@H](N)C(=O)Oc1ccc(C[C@H](N)C(=O)O)cc1.CC[C@H](C)[C@H](N)C(=O)OC(=O)[C@@H](N)[C@@H](C)CC. The Morgan fingerprint density at radius 3 is 1.58 bits per heavy atom. The summed E-state index contributed by atoms with van der Waals surface area (Å²) in [5.74, 6) is -2.25. The summed E-state index contributed by atoms with van der Waals surface area (Å²) in [6.45, 7) is 11.5. The predicted octanol–water partition coefficient (Wildman–Crippen LogP) is 1.72. The van der Waals surface area contributed by atoms with Crippen LogP contribution >= 0.6 is 0 Å². The van der Waals surface area contributed by atoms with Crippen molar-refractivity contribution in [1.29, 1.82) is 0 Å². The van der Waals surface area contributed by atoms with E-state index >= 15 is 0 Å². The second kappa shape index (κ2) is 17.6. The van der Waals surface area contributed by atoms with Gasteiger partial charge in [-0.2, -0.15) is 0 Å². The summed E-state index contributed by atoms with van der Waals surface area (Å²) in [5, 5.41) is 8.74. The van der Waals surface area contributed by atoms with Gasteiger partial charge in [0, 0.05) is 0 Å². The Hall–Kier alpha value is -2.86. The van der Waals surface area contributed by atoms with Crippen molar-refractivity contribution in [1.82, 2.24) is 0 Å². The molecule has 0 heterocycles.